The smallest absolute Gasteiger partial charge is 0.249 e. The Morgan fingerprint density at radius 3 is 2.70 bits per heavy atom. The van der Waals surface area contributed by atoms with E-state index in [1.54, 1.807) is 0 Å². The van der Waals surface area contributed by atoms with Gasteiger partial charge in [0.15, 0.2) is 0 Å². The molecule has 1 saturated heterocycles. The van der Waals surface area contributed by atoms with Crippen LogP contribution in [0.15, 0.2) is 73.2 Å². The van der Waals surface area contributed by atoms with Crippen LogP contribution in [0.2, 0.25) is 5.02 Å². The van der Waals surface area contributed by atoms with E-state index in [1.807, 2.05) is 66.0 Å². The third-order valence-electron chi connectivity index (χ3n) is 9.52. The maximum atomic E-state index is 14.5. The van der Waals surface area contributed by atoms with Gasteiger partial charge in [0, 0.05) is 72.7 Å². The van der Waals surface area contributed by atoms with Crippen LogP contribution in [0.3, 0.4) is 0 Å². The minimum Gasteiger partial charge on any atom is -0.361 e. The molecule has 0 bridgehead atoms. The highest BCUT2D eigenvalue weighted by molar-refractivity contribution is 6.30. The lowest BCUT2D eigenvalue weighted by Crippen LogP contribution is -2.53. The van der Waals surface area contributed by atoms with Gasteiger partial charge in [-0.05, 0) is 112 Å². The Bertz CT molecular complexity index is 1630. The molecule has 9 heteroatoms. The zero-order valence-corrected chi connectivity index (χ0v) is 27.7. The summed E-state index contributed by atoms with van der Waals surface area (Å²) in [6, 6.07) is 17.3. The number of carbonyl (C=O) groups is 2. The molecule has 0 radical (unpaired) electrons. The molecule has 2 aromatic carbocycles. The number of carbonyl (C=O) groups excluding carboxylic acids is 2. The van der Waals surface area contributed by atoms with Crippen LogP contribution in [0.25, 0.3) is 10.9 Å². The highest BCUT2D eigenvalue weighted by Crippen LogP contribution is 2.33. The van der Waals surface area contributed by atoms with E-state index in [9.17, 15) is 9.59 Å². The number of anilines is 1. The maximum Gasteiger partial charge on any atom is 0.249 e. The molecular formula is C37H45ClN6O2. The van der Waals surface area contributed by atoms with Crippen LogP contribution in [-0.4, -0.2) is 77.9 Å². The number of nitrogens with zero attached hydrogens (tertiary/aromatic N) is 4. The molecule has 0 saturated carbocycles. The van der Waals surface area contributed by atoms with Gasteiger partial charge in [-0.1, -0.05) is 35.9 Å². The maximum absolute atomic E-state index is 14.5. The van der Waals surface area contributed by atoms with Crippen molar-refractivity contribution in [3.8, 4) is 0 Å². The summed E-state index contributed by atoms with van der Waals surface area (Å²) in [6.45, 7) is 4.42. The van der Waals surface area contributed by atoms with Crippen LogP contribution in [-0.2, 0) is 29.0 Å². The van der Waals surface area contributed by atoms with Crippen molar-refractivity contribution >= 4 is 40.0 Å². The molecule has 46 heavy (non-hydrogen) atoms. The Labute approximate surface area is 277 Å². The van der Waals surface area contributed by atoms with E-state index >= 15 is 0 Å². The van der Waals surface area contributed by atoms with Crippen molar-refractivity contribution in [2.75, 3.05) is 45.2 Å². The van der Waals surface area contributed by atoms with Gasteiger partial charge in [0.2, 0.25) is 11.8 Å². The van der Waals surface area contributed by atoms with Gasteiger partial charge in [-0.3, -0.25) is 19.5 Å². The number of nitrogens with one attached hydrogen (secondary N) is 2. The third kappa shape index (κ3) is 7.97. The monoisotopic (exact) mass is 640 g/mol. The van der Waals surface area contributed by atoms with E-state index in [0.717, 1.165) is 79.6 Å². The van der Waals surface area contributed by atoms with E-state index in [1.165, 1.54) is 5.56 Å². The van der Waals surface area contributed by atoms with E-state index in [4.69, 9.17) is 11.6 Å². The Hall–Kier alpha value is -3.72. The predicted molar refractivity (Wildman–Crippen MR) is 185 cm³/mol. The fourth-order valence-corrected chi connectivity index (χ4v) is 7.45. The van der Waals surface area contributed by atoms with Crippen LogP contribution in [0, 0.1) is 11.8 Å². The first-order valence-electron chi connectivity index (χ1n) is 16.5. The molecule has 2 aliphatic heterocycles. The molecule has 2 amide bonds. The van der Waals surface area contributed by atoms with Crippen molar-refractivity contribution in [1.29, 1.82) is 0 Å². The van der Waals surface area contributed by atoms with Gasteiger partial charge in [0.1, 0.15) is 6.04 Å². The molecule has 1 fully saturated rings. The minimum absolute atomic E-state index is 0.0610. The van der Waals surface area contributed by atoms with Gasteiger partial charge >= 0.3 is 0 Å². The van der Waals surface area contributed by atoms with Gasteiger partial charge in [0.05, 0.1) is 0 Å². The van der Waals surface area contributed by atoms with Crippen molar-refractivity contribution in [3.05, 3.63) is 94.9 Å². The van der Waals surface area contributed by atoms with Gasteiger partial charge in [-0.2, -0.15) is 0 Å². The first-order chi connectivity index (χ1) is 22.3. The highest BCUT2D eigenvalue weighted by atomic mass is 35.5. The molecule has 2 aromatic heterocycles. The Morgan fingerprint density at radius 1 is 1.09 bits per heavy atom. The van der Waals surface area contributed by atoms with Crippen LogP contribution >= 0.6 is 11.6 Å². The Balaban J connectivity index is 1.15. The summed E-state index contributed by atoms with van der Waals surface area (Å²) >= 11 is 6.40. The molecule has 2 atom stereocenters. The number of hydrogen-bond donors (Lipinski definition) is 2. The van der Waals surface area contributed by atoms with E-state index in [-0.39, 0.29) is 17.7 Å². The number of H-pyrrole nitrogens is 1. The number of benzene rings is 2. The standard InChI is InChI=1S/C37H45ClN6O2/c1-42(2)23-28-18-29-19-31(38)10-11-35(29)44(25-28)37(46)34(20-30-22-40-33-8-4-3-7-32(30)33)41-36(45)12-9-26-13-16-43(17-14-26)24-27-6-5-15-39-21-27/h3-8,10-11,15,19,21-22,26,28,34,40H,9,12-14,16-18,20,23-25H2,1-2H3,(H,41,45)/t28-,34-/m1/s1. The van der Waals surface area contributed by atoms with Crippen LogP contribution in [0.4, 0.5) is 5.69 Å². The summed E-state index contributed by atoms with van der Waals surface area (Å²) in [5.41, 5.74) is 5.24. The summed E-state index contributed by atoms with van der Waals surface area (Å²) in [4.78, 5) is 42.2. The van der Waals surface area contributed by atoms with Crippen LogP contribution in [0.5, 0.6) is 0 Å². The number of para-hydroxylation sites is 1. The van der Waals surface area contributed by atoms with Crippen molar-refractivity contribution in [2.45, 2.75) is 51.1 Å². The normalized spacial score (nSPS) is 18.1. The summed E-state index contributed by atoms with van der Waals surface area (Å²) in [7, 11) is 4.12. The van der Waals surface area contributed by atoms with Gasteiger partial charge in [0.25, 0.3) is 0 Å². The summed E-state index contributed by atoms with van der Waals surface area (Å²) in [5, 5.41) is 4.94. The number of amides is 2. The lowest BCUT2D eigenvalue weighted by Gasteiger charge is -2.37. The van der Waals surface area contributed by atoms with Gasteiger partial charge in [-0.25, -0.2) is 0 Å². The molecule has 242 valence electrons. The van der Waals surface area contributed by atoms with Crippen molar-refractivity contribution in [1.82, 2.24) is 25.1 Å². The van der Waals surface area contributed by atoms with Crippen LogP contribution in [0.1, 0.15) is 42.4 Å². The number of rotatable bonds is 11. The number of aromatic nitrogens is 2. The molecule has 6 rings (SSSR count). The zero-order valence-electron chi connectivity index (χ0n) is 26.9. The second-order valence-electron chi connectivity index (χ2n) is 13.4. The molecule has 8 nitrogen and oxygen atoms in total. The number of hydrogen-bond acceptors (Lipinski definition) is 5. The largest absolute Gasteiger partial charge is 0.361 e. The fourth-order valence-electron chi connectivity index (χ4n) is 7.25. The quantitative estimate of drug-likeness (QED) is 0.220. The number of fused-ring (bicyclic) bond motifs is 2. The number of pyridine rings is 1. The molecule has 2 aliphatic rings. The number of halogens is 1. The molecule has 2 N–H and O–H groups in total. The second-order valence-corrected chi connectivity index (χ2v) is 13.8. The van der Waals surface area contributed by atoms with Gasteiger partial charge in [-0.15, -0.1) is 0 Å². The zero-order chi connectivity index (χ0) is 32.0. The van der Waals surface area contributed by atoms with E-state index in [0.29, 0.717) is 30.3 Å². The van der Waals surface area contributed by atoms with E-state index in [2.05, 4.69) is 51.3 Å². The summed E-state index contributed by atoms with van der Waals surface area (Å²) < 4.78 is 0. The molecule has 4 aromatic rings. The average Bonchev–Trinajstić information content (AvgIpc) is 3.46. The summed E-state index contributed by atoms with van der Waals surface area (Å²) in [6.07, 6.45) is 10.4. The topological polar surface area (TPSA) is 84.6 Å². The highest BCUT2D eigenvalue weighted by Gasteiger charge is 2.34. The molecule has 0 unspecified atom stereocenters. The molecule has 0 aliphatic carbocycles. The number of aromatic amines is 1. The predicted octanol–water partition coefficient (Wildman–Crippen LogP) is 5.70. The Kier molecular flexibility index (Phi) is 10.4. The van der Waals surface area contributed by atoms with Crippen LogP contribution < -0.4 is 10.2 Å². The first kappa shape index (κ1) is 32.2. The fraction of sp³-hybridized carbons (Fsp3) is 0.432. The third-order valence-corrected chi connectivity index (χ3v) is 9.75. The minimum atomic E-state index is -0.685. The number of piperidine rings is 1. The molecular weight excluding hydrogens is 596 g/mol. The molecule has 4 heterocycles. The SMILES string of the molecule is CN(C)C[C@H]1Cc2cc(Cl)ccc2N(C(=O)[C@@H](Cc2c[nH]c3ccccc23)NC(=O)CCC2CCN(Cc3cccnc3)CC2)C1. The average molecular weight is 641 g/mol. The lowest BCUT2D eigenvalue weighted by atomic mass is 9.90. The second kappa shape index (κ2) is 14.8. The Morgan fingerprint density at radius 2 is 1.91 bits per heavy atom. The number of likely N-dealkylation sites (tertiary alicyclic amines) is 1. The van der Waals surface area contributed by atoms with Crippen molar-refractivity contribution in [2.24, 2.45) is 11.8 Å². The first-order valence-corrected chi connectivity index (χ1v) is 16.9. The van der Waals surface area contributed by atoms with E-state index < -0.39 is 6.04 Å². The van der Waals surface area contributed by atoms with Crippen molar-refractivity contribution in [3.63, 3.8) is 0 Å². The van der Waals surface area contributed by atoms with Crippen molar-refractivity contribution < 1.29 is 9.59 Å². The lowest BCUT2D eigenvalue weighted by molar-refractivity contribution is -0.128. The molecule has 0 spiro atoms. The summed E-state index contributed by atoms with van der Waals surface area (Å²) in [5.74, 6) is 0.631. The van der Waals surface area contributed by atoms with Gasteiger partial charge < -0.3 is 20.1 Å².